The van der Waals surface area contributed by atoms with Crippen LogP contribution >= 0.6 is 0 Å². The van der Waals surface area contributed by atoms with Crippen molar-refractivity contribution in [1.82, 2.24) is 14.2 Å². The van der Waals surface area contributed by atoms with Gasteiger partial charge in [0.2, 0.25) is 15.9 Å². The summed E-state index contributed by atoms with van der Waals surface area (Å²) in [7, 11) is -3.65. The molecule has 1 fully saturated rings. The first-order chi connectivity index (χ1) is 12.9. The Balaban J connectivity index is 1.79. The van der Waals surface area contributed by atoms with Gasteiger partial charge in [-0.1, -0.05) is 30.3 Å². The van der Waals surface area contributed by atoms with E-state index >= 15 is 0 Å². The summed E-state index contributed by atoms with van der Waals surface area (Å²) >= 11 is 0. The lowest BCUT2D eigenvalue weighted by Crippen LogP contribution is -2.36. The van der Waals surface area contributed by atoms with Crippen LogP contribution in [0, 0.1) is 0 Å². The van der Waals surface area contributed by atoms with Crippen LogP contribution in [0.4, 0.5) is 0 Å². The van der Waals surface area contributed by atoms with Crippen LogP contribution in [0.2, 0.25) is 0 Å². The Morgan fingerprint density at radius 3 is 2.44 bits per heavy atom. The summed E-state index contributed by atoms with van der Waals surface area (Å²) in [6, 6.07) is 11.1. The third-order valence-electron chi connectivity index (χ3n) is 4.72. The summed E-state index contributed by atoms with van der Waals surface area (Å²) < 4.78 is 28.0. The van der Waals surface area contributed by atoms with Crippen LogP contribution in [0.5, 0.6) is 0 Å². The monoisotopic (exact) mass is 389 g/mol. The minimum Gasteiger partial charge on any atom is -0.350 e. The van der Waals surface area contributed by atoms with Crippen LogP contribution in [0.15, 0.2) is 58.4 Å². The zero-order chi connectivity index (χ0) is 19.4. The van der Waals surface area contributed by atoms with Crippen molar-refractivity contribution in [3.8, 4) is 0 Å². The minimum absolute atomic E-state index is 0.0340. The molecule has 0 bridgehead atoms. The van der Waals surface area contributed by atoms with Gasteiger partial charge in [-0.15, -0.1) is 0 Å². The number of nitrogens with one attached hydrogen (secondary N) is 1. The number of hydrogen-bond acceptors (Lipinski definition) is 4. The lowest BCUT2D eigenvalue weighted by Gasteiger charge is -2.19. The number of hydrogen-bond donors (Lipinski definition) is 1. The van der Waals surface area contributed by atoms with Crippen LogP contribution in [0.25, 0.3) is 0 Å². The SMILES string of the molecule is C[C@@H](C(=O)NCc1ccccc1)n1cc(S(=O)(=O)N2CCCC2)ccc1=O. The lowest BCUT2D eigenvalue weighted by atomic mass is 10.2. The molecule has 1 aliphatic heterocycles. The molecule has 1 aliphatic rings. The van der Waals surface area contributed by atoms with Crippen molar-refractivity contribution in [2.75, 3.05) is 13.1 Å². The topological polar surface area (TPSA) is 88.5 Å². The van der Waals surface area contributed by atoms with Crippen LogP contribution in [0.3, 0.4) is 0 Å². The van der Waals surface area contributed by atoms with E-state index in [1.807, 2.05) is 30.3 Å². The summed E-state index contributed by atoms with van der Waals surface area (Å²) in [5.41, 5.74) is 0.522. The molecule has 1 aromatic carbocycles. The minimum atomic E-state index is -3.65. The molecule has 2 aromatic rings. The van der Waals surface area contributed by atoms with E-state index in [2.05, 4.69) is 5.32 Å². The molecule has 1 atom stereocenters. The van der Waals surface area contributed by atoms with Gasteiger partial charge in [-0.05, 0) is 31.4 Å². The zero-order valence-electron chi connectivity index (χ0n) is 15.2. The van der Waals surface area contributed by atoms with Crippen LogP contribution in [-0.2, 0) is 21.4 Å². The fourth-order valence-electron chi connectivity index (χ4n) is 3.08. The number of sulfonamides is 1. The predicted molar refractivity (Wildman–Crippen MR) is 102 cm³/mol. The Morgan fingerprint density at radius 2 is 1.78 bits per heavy atom. The molecule has 8 heteroatoms. The maximum atomic E-state index is 12.7. The first-order valence-electron chi connectivity index (χ1n) is 8.93. The number of pyridine rings is 1. The van der Waals surface area contributed by atoms with E-state index in [0.717, 1.165) is 18.4 Å². The number of rotatable bonds is 6. The van der Waals surface area contributed by atoms with Crippen molar-refractivity contribution < 1.29 is 13.2 Å². The Kier molecular flexibility index (Phi) is 5.76. The number of carbonyl (C=O) groups is 1. The van der Waals surface area contributed by atoms with Crippen molar-refractivity contribution in [2.45, 2.75) is 37.2 Å². The molecule has 1 N–H and O–H groups in total. The van der Waals surface area contributed by atoms with Crippen molar-refractivity contribution in [2.24, 2.45) is 0 Å². The van der Waals surface area contributed by atoms with Gasteiger partial charge in [-0.2, -0.15) is 4.31 Å². The number of benzene rings is 1. The van der Waals surface area contributed by atoms with Gasteiger partial charge in [0.25, 0.3) is 5.56 Å². The van der Waals surface area contributed by atoms with Gasteiger partial charge < -0.3 is 9.88 Å². The highest BCUT2D eigenvalue weighted by Gasteiger charge is 2.28. The van der Waals surface area contributed by atoms with Gasteiger partial charge >= 0.3 is 0 Å². The van der Waals surface area contributed by atoms with E-state index in [9.17, 15) is 18.0 Å². The van der Waals surface area contributed by atoms with E-state index in [0.29, 0.717) is 19.6 Å². The maximum Gasteiger partial charge on any atom is 0.251 e. The second-order valence-electron chi connectivity index (χ2n) is 6.60. The van der Waals surface area contributed by atoms with E-state index < -0.39 is 21.6 Å². The normalized spacial score (nSPS) is 16.2. The average molecular weight is 389 g/mol. The highest BCUT2D eigenvalue weighted by Crippen LogP contribution is 2.20. The van der Waals surface area contributed by atoms with Crippen LogP contribution in [0.1, 0.15) is 31.4 Å². The molecule has 7 nitrogen and oxygen atoms in total. The smallest absolute Gasteiger partial charge is 0.251 e. The van der Waals surface area contributed by atoms with Gasteiger partial charge in [-0.25, -0.2) is 8.42 Å². The first kappa shape index (κ1) is 19.3. The fraction of sp³-hybridized carbons (Fsp3) is 0.368. The van der Waals surface area contributed by atoms with Gasteiger partial charge in [0.1, 0.15) is 6.04 Å². The fourth-order valence-corrected chi connectivity index (χ4v) is 4.60. The first-order valence-corrected chi connectivity index (χ1v) is 10.4. The van der Waals surface area contributed by atoms with Crippen molar-refractivity contribution in [1.29, 1.82) is 0 Å². The highest BCUT2D eigenvalue weighted by atomic mass is 32.2. The molecular weight excluding hydrogens is 366 g/mol. The standard InChI is InChI=1S/C19H23N3O4S/c1-15(19(24)20-13-16-7-3-2-4-8-16)22-14-17(9-10-18(22)23)27(25,26)21-11-5-6-12-21/h2-4,7-10,14-15H,5-6,11-13H2,1H3,(H,20,24)/t15-/m0/s1. The number of nitrogens with zero attached hydrogens (tertiary/aromatic N) is 2. The van der Waals surface area contributed by atoms with Crippen molar-refractivity contribution >= 4 is 15.9 Å². The number of aromatic nitrogens is 1. The van der Waals surface area contributed by atoms with Crippen LogP contribution < -0.4 is 10.9 Å². The van der Waals surface area contributed by atoms with E-state index in [-0.39, 0.29) is 10.8 Å². The maximum absolute atomic E-state index is 12.7. The number of amides is 1. The molecule has 1 saturated heterocycles. The summed E-state index contributed by atoms with van der Waals surface area (Å²) in [4.78, 5) is 24.7. The average Bonchev–Trinajstić information content (AvgIpc) is 3.22. The van der Waals surface area contributed by atoms with Crippen LogP contribution in [-0.4, -0.2) is 36.3 Å². The number of carbonyl (C=O) groups excluding carboxylic acids is 1. The van der Waals surface area contributed by atoms with Gasteiger partial charge in [-0.3, -0.25) is 9.59 Å². The molecular formula is C19H23N3O4S. The zero-order valence-corrected chi connectivity index (χ0v) is 16.0. The molecule has 1 aromatic heterocycles. The predicted octanol–water partition coefficient (Wildman–Crippen LogP) is 1.51. The Morgan fingerprint density at radius 1 is 1.11 bits per heavy atom. The Labute approximate surface area is 158 Å². The van der Waals surface area contributed by atoms with E-state index in [1.54, 1.807) is 6.92 Å². The quantitative estimate of drug-likeness (QED) is 0.811. The largest absolute Gasteiger partial charge is 0.350 e. The second-order valence-corrected chi connectivity index (χ2v) is 8.54. The van der Waals surface area contributed by atoms with Gasteiger partial charge in [0, 0.05) is 31.9 Å². The van der Waals surface area contributed by atoms with E-state index in [1.165, 1.54) is 27.2 Å². The molecule has 0 unspecified atom stereocenters. The van der Waals surface area contributed by atoms with Crippen molar-refractivity contribution in [3.63, 3.8) is 0 Å². The third-order valence-corrected chi connectivity index (χ3v) is 6.60. The lowest BCUT2D eigenvalue weighted by molar-refractivity contribution is -0.124. The molecule has 3 rings (SSSR count). The van der Waals surface area contributed by atoms with Crippen molar-refractivity contribution in [3.05, 3.63) is 64.6 Å². The molecule has 144 valence electrons. The third kappa shape index (κ3) is 4.28. The Bertz CT molecular complexity index is 964. The van der Waals surface area contributed by atoms with E-state index in [4.69, 9.17) is 0 Å². The molecule has 0 saturated carbocycles. The summed E-state index contributed by atoms with van der Waals surface area (Å²) in [5, 5.41) is 2.78. The molecule has 0 spiro atoms. The molecule has 1 amide bonds. The highest BCUT2D eigenvalue weighted by molar-refractivity contribution is 7.89. The summed E-state index contributed by atoms with van der Waals surface area (Å²) in [5.74, 6) is -0.350. The second kappa shape index (κ2) is 8.06. The van der Waals surface area contributed by atoms with Gasteiger partial charge in [0.05, 0.1) is 4.90 Å². The van der Waals surface area contributed by atoms with Gasteiger partial charge in [0.15, 0.2) is 0 Å². The molecule has 0 aliphatic carbocycles. The summed E-state index contributed by atoms with van der Waals surface area (Å²) in [6.45, 7) is 2.88. The summed E-state index contributed by atoms with van der Waals surface area (Å²) in [6.07, 6.45) is 2.93. The molecule has 27 heavy (non-hydrogen) atoms. The Hall–Kier alpha value is -2.45. The molecule has 0 radical (unpaired) electrons. The molecule has 2 heterocycles.